The number of rotatable bonds is 7. The summed E-state index contributed by atoms with van der Waals surface area (Å²) in [5, 5.41) is 3.62. The summed E-state index contributed by atoms with van der Waals surface area (Å²) in [6, 6.07) is 16.0. The Hall–Kier alpha value is -1.10. The fraction of sp³-hybridized carbons (Fsp3) is 0.235. The van der Waals surface area contributed by atoms with Crippen LogP contribution in [0.1, 0.15) is 5.56 Å². The summed E-state index contributed by atoms with van der Waals surface area (Å²) in [5.74, 6) is 1.29. The van der Waals surface area contributed by atoms with Crippen LogP contribution >= 0.6 is 35.1 Å². The highest BCUT2D eigenvalue weighted by molar-refractivity contribution is 8.00. The van der Waals surface area contributed by atoms with Gasteiger partial charge < -0.3 is 5.32 Å². The molecule has 0 aliphatic heterocycles. The van der Waals surface area contributed by atoms with E-state index in [-0.39, 0.29) is 5.91 Å². The first-order valence-electron chi connectivity index (χ1n) is 6.98. The second-order valence-corrected chi connectivity index (χ2v) is 7.32. The molecule has 0 saturated heterocycles. The molecule has 22 heavy (non-hydrogen) atoms. The van der Waals surface area contributed by atoms with E-state index in [1.165, 1.54) is 22.2 Å². The van der Waals surface area contributed by atoms with Crippen molar-refractivity contribution in [2.24, 2.45) is 0 Å². The molecule has 1 amide bonds. The maximum atomic E-state index is 11.8. The van der Waals surface area contributed by atoms with Crippen LogP contribution in [0.2, 0.25) is 5.02 Å². The summed E-state index contributed by atoms with van der Waals surface area (Å²) in [4.78, 5) is 14.0. The zero-order valence-electron chi connectivity index (χ0n) is 12.3. The van der Waals surface area contributed by atoms with Crippen LogP contribution in [-0.4, -0.2) is 24.0 Å². The van der Waals surface area contributed by atoms with Gasteiger partial charge in [-0.05, 0) is 31.2 Å². The Labute approximate surface area is 145 Å². The van der Waals surface area contributed by atoms with Gasteiger partial charge in [-0.3, -0.25) is 4.79 Å². The Morgan fingerprint density at radius 3 is 2.55 bits per heavy atom. The number of thioether (sulfide) groups is 2. The molecule has 2 nitrogen and oxygen atoms in total. The van der Waals surface area contributed by atoms with Gasteiger partial charge in [0, 0.05) is 22.1 Å². The summed E-state index contributed by atoms with van der Waals surface area (Å²) < 4.78 is 0. The molecule has 1 N–H and O–H groups in total. The molecule has 5 heteroatoms. The van der Waals surface area contributed by atoms with Gasteiger partial charge in [-0.25, -0.2) is 0 Å². The van der Waals surface area contributed by atoms with Crippen LogP contribution < -0.4 is 5.32 Å². The minimum Gasteiger partial charge on any atom is -0.355 e. The summed E-state index contributed by atoms with van der Waals surface area (Å²) >= 11 is 9.26. The lowest BCUT2D eigenvalue weighted by Gasteiger charge is -2.06. The van der Waals surface area contributed by atoms with E-state index in [1.54, 1.807) is 11.8 Å². The topological polar surface area (TPSA) is 29.1 Å². The summed E-state index contributed by atoms with van der Waals surface area (Å²) in [7, 11) is 0. The number of carbonyl (C=O) groups is 1. The lowest BCUT2D eigenvalue weighted by Crippen LogP contribution is -2.27. The maximum absolute atomic E-state index is 11.8. The molecule has 0 spiro atoms. The van der Waals surface area contributed by atoms with Crippen LogP contribution in [0.15, 0.2) is 58.3 Å². The second-order valence-electron chi connectivity index (χ2n) is 4.73. The van der Waals surface area contributed by atoms with Crippen molar-refractivity contribution in [3.8, 4) is 0 Å². The molecular weight excluding hydrogens is 334 g/mol. The van der Waals surface area contributed by atoms with Gasteiger partial charge in [0.05, 0.1) is 10.8 Å². The standard InChI is InChI=1S/C17H18ClNOS2/c1-13-6-8-14(9-7-13)21-11-10-19-17(20)12-22-16-5-3-2-4-15(16)18/h2-9H,10-12H2,1H3,(H,19,20). The SMILES string of the molecule is Cc1ccc(SCCNC(=O)CSc2ccccc2Cl)cc1. The van der Waals surface area contributed by atoms with Crippen molar-refractivity contribution in [3.63, 3.8) is 0 Å². The van der Waals surface area contributed by atoms with E-state index in [9.17, 15) is 4.79 Å². The highest BCUT2D eigenvalue weighted by Crippen LogP contribution is 2.26. The first-order valence-corrected chi connectivity index (χ1v) is 9.33. The van der Waals surface area contributed by atoms with E-state index in [0.29, 0.717) is 17.3 Å². The molecule has 2 rings (SSSR count). The zero-order chi connectivity index (χ0) is 15.8. The molecule has 0 saturated carbocycles. The quantitative estimate of drug-likeness (QED) is 0.581. The first-order chi connectivity index (χ1) is 10.6. The molecule has 2 aromatic rings. The van der Waals surface area contributed by atoms with Crippen LogP contribution in [-0.2, 0) is 4.79 Å². The molecule has 116 valence electrons. The number of hydrogen-bond donors (Lipinski definition) is 1. The number of aryl methyl sites for hydroxylation is 1. The highest BCUT2D eigenvalue weighted by atomic mass is 35.5. The molecular formula is C17H18ClNOS2. The molecule has 0 bridgehead atoms. The van der Waals surface area contributed by atoms with Gasteiger partial charge in [0.1, 0.15) is 0 Å². The number of nitrogens with one attached hydrogen (secondary N) is 1. The summed E-state index contributed by atoms with van der Waals surface area (Å²) in [6.45, 7) is 2.74. The molecule has 0 radical (unpaired) electrons. The number of halogens is 1. The van der Waals surface area contributed by atoms with Crippen molar-refractivity contribution in [1.82, 2.24) is 5.32 Å². The van der Waals surface area contributed by atoms with Gasteiger partial charge in [-0.1, -0.05) is 41.4 Å². The Morgan fingerprint density at radius 2 is 1.82 bits per heavy atom. The number of hydrogen-bond acceptors (Lipinski definition) is 3. The van der Waals surface area contributed by atoms with E-state index in [1.807, 2.05) is 24.3 Å². The Bertz CT molecular complexity index is 616. The Morgan fingerprint density at radius 1 is 1.09 bits per heavy atom. The van der Waals surface area contributed by atoms with Crippen molar-refractivity contribution >= 4 is 41.0 Å². The van der Waals surface area contributed by atoms with E-state index in [4.69, 9.17) is 11.6 Å². The van der Waals surface area contributed by atoms with Crippen molar-refractivity contribution in [1.29, 1.82) is 0 Å². The van der Waals surface area contributed by atoms with Crippen molar-refractivity contribution in [2.75, 3.05) is 18.1 Å². The van der Waals surface area contributed by atoms with Gasteiger partial charge in [-0.2, -0.15) is 0 Å². The lowest BCUT2D eigenvalue weighted by molar-refractivity contribution is -0.118. The predicted octanol–water partition coefficient (Wildman–Crippen LogP) is 4.65. The predicted molar refractivity (Wildman–Crippen MR) is 97.1 cm³/mol. The summed E-state index contributed by atoms with van der Waals surface area (Å²) in [6.07, 6.45) is 0. The van der Waals surface area contributed by atoms with E-state index in [0.717, 1.165) is 10.6 Å². The number of carbonyl (C=O) groups excluding carboxylic acids is 1. The lowest BCUT2D eigenvalue weighted by atomic mass is 10.2. The molecule has 0 aliphatic carbocycles. The van der Waals surface area contributed by atoms with E-state index < -0.39 is 0 Å². The Balaban J connectivity index is 1.64. The third-order valence-electron chi connectivity index (χ3n) is 2.91. The molecule has 0 unspecified atom stereocenters. The minimum atomic E-state index is 0.0365. The Kier molecular flexibility index (Phi) is 7.16. The van der Waals surface area contributed by atoms with E-state index in [2.05, 4.69) is 36.5 Å². The third-order valence-corrected chi connectivity index (χ3v) is 5.44. The molecule has 0 aliphatic rings. The highest BCUT2D eigenvalue weighted by Gasteiger charge is 2.05. The molecule has 2 aromatic carbocycles. The summed E-state index contributed by atoms with van der Waals surface area (Å²) in [5.41, 5.74) is 1.26. The second kappa shape index (κ2) is 9.13. The van der Waals surface area contributed by atoms with E-state index >= 15 is 0 Å². The number of benzene rings is 2. The largest absolute Gasteiger partial charge is 0.355 e. The third kappa shape index (κ3) is 5.95. The van der Waals surface area contributed by atoms with Crippen LogP contribution in [0.3, 0.4) is 0 Å². The van der Waals surface area contributed by atoms with Gasteiger partial charge in [0.2, 0.25) is 5.91 Å². The van der Waals surface area contributed by atoms with Gasteiger partial charge in [0.15, 0.2) is 0 Å². The van der Waals surface area contributed by atoms with Crippen molar-refractivity contribution in [2.45, 2.75) is 16.7 Å². The fourth-order valence-electron chi connectivity index (χ4n) is 1.75. The van der Waals surface area contributed by atoms with Crippen LogP contribution in [0, 0.1) is 6.92 Å². The number of amides is 1. The van der Waals surface area contributed by atoms with Crippen molar-refractivity contribution in [3.05, 3.63) is 59.1 Å². The molecule has 0 fully saturated rings. The molecule has 0 aromatic heterocycles. The van der Waals surface area contributed by atoms with Gasteiger partial charge >= 0.3 is 0 Å². The normalized spacial score (nSPS) is 10.5. The van der Waals surface area contributed by atoms with Crippen LogP contribution in [0.25, 0.3) is 0 Å². The monoisotopic (exact) mass is 351 g/mol. The van der Waals surface area contributed by atoms with Gasteiger partial charge in [0.25, 0.3) is 0 Å². The maximum Gasteiger partial charge on any atom is 0.230 e. The first kappa shape index (κ1) is 17.3. The van der Waals surface area contributed by atoms with Crippen LogP contribution in [0.4, 0.5) is 0 Å². The average Bonchev–Trinajstić information content (AvgIpc) is 2.52. The van der Waals surface area contributed by atoms with Crippen molar-refractivity contribution < 1.29 is 4.79 Å². The molecule has 0 heterocycles. The smallest absolute Gasteiger partial charge is 0.230 e. The fourth-order valence-corrected chi connectivity index (χ4v) is 3.59. The minimum absolute atomic E-state index is 0.0365. The zero-order valence-corrected chi connectivity index (χ0v) is 14.7. The molecule has 0 atom stereocenters. The van der Waals surface area contributed by atoms with Gasteiger partial charge in [-0.15, -0.1) is 23.5 Å². The average molecular weight is 352 g/mol. The van der Waals surface area contributed by atoms with Crippen LogP contribution in [0.5, 0.6) is 0 Å².